The molecule has 0 spiro atoms. The summed E-state index contributed by atoms with van der Waals surface area (Å²) in [6, 6.07) is 17.7. The zero-order valence-electron chi connectivity index (χ0n) is 14.0. The van der Waals surface area contributed by atoms with Crippen LogP contribution in [0.1, 0.15) is 17.5 Å². The zero-order chi connectivity index (χ0) is 17.9. The number of esters is 2. The summed E-state index contributed by atoms with van der Waals surface area (Å²) in [6.45, 7) is 0.277. The molecule has 25 heavy (non-hydrogen) atoms. The Hall–Kier alpha value is -2.70. The molecule has 0 bridgehead atoms. The van der Waals surface area contributed by atoms with Gasteiger partial charge in [-0.2, -0.15) is 5.48 Å². The Kier molecular flexibility index (Phi) is 7.62. The van der Waals surface area contributed by atoms with Crippen LogP contribution in [0.2, 0.25) is 0 Å². The molecule has 0 unspecified atom stereocenters. The summed E-state index contributed by atoms with van der Waals surface area (Å²) >= 11 is 0. The summed E-state index contributed by atoms with van der Waals surface area (Å²) in [6.07, 6.45) is -0.186. The first kappa shape index (κ1) is 18.6. The molecule has 0 saturated heterocycles. The van der Waals surface area contributed by atoms with Crippen molar-refractivity contribution >= 4 is 11.9 Å². The number of carbonyl (C=O) groups is 2. The van der Waals surface area contributed by atoms with Crippen LogP contribution in [-0.4, -0.2) is 25.1 Å². The molecule has 6 nitrogen and oxygen atoms in total. The van der Waals surface area contributed by atoms with Gasteiger partial charge in [0.15, 0.2) is 0 Å². The van der Waals surface area contributed by atoms with Crippen LogP contribution in [-0.2, 0) is 37.1 Å². The van der Waals surface area contributed by atoms with Crippen molar-refractivity contribution in [3.8, 4) is 0 Å². The molecule has 1 atom stereocenters. The minimum atomic E-state index is -0.933. The average molecular weight is 343 g/mol. The lowest BCUT2D eigenvalue weighted by Crippen LogP contribution is -2.39. The van der Waals surface area contributed by atoms with E-state index in [1.165, 1.54) is 7.11 Å². The maximum Gasteiger partial charge on any atom is 0.326 e. The molecular weight excluding hydrogens is 322 g/mol. The summed E-state index contributed by atoms with van der Waals surface area (Å²) in [5.41, 5.74) is 4.21. The monoisotopic (exact) mass is 343 g/mol. The van der Waals surface area contributed by atoms with Gasteiger partial charge in [0.2, 0.25) is 0 Å². The van der Waals surface area contributed by atoms with Crippen molar-refractivity contribution < 1.29 is 23.9 Å². The molecule has 0 fully saturated rings. The van der Waals surface area contributed by atoms with E-state index in [0.717, 1.165) is 11.1 Å². The molecule has 0 amide bonds. The fourth-order valence-corrected chi connectivity index (χ4v) is 2.11. The van der Waals surface area contributed by atoms with Crippen molar-refractivity contribution in [3.63, 3.8) is 0 Å². The molecule has 0 aromatic heterocycles. The molecule has 0 saturated carbocycles. The van der Waals surface area contributed by atoms with Crippen molar-refractivity contribution in [1.82, 2.24) is 5.48 Å². The maximum atomic E-state index is 12.1. The molecule has 0 aliphatic rings. The van der Waals surface area contributed by atoms with Crippen LogP contribution in [0.15, 0.2) is 60.7 Å². The van der Waals surface area contributed by atoms with Crippen LogP contribution < -0.4 is 5.48 Å². The second-order valence-corrected chi connectivity index (χ2v) is 5.32. The van der Waals surface area contributed by atoms with Gasteiger partial charge in [0.25, 0.3) is 0 Å². The van der Waals surface area contributed by atoms with E-state index in [9.17, 15) is 9.59 Å². The fraction of sp³-hybridized carbons (Fsp3) is 0.263. The molecule has 6 heteroatoms. The average Bonchev–Trinajstić information content (AvgIpc) is 2.66. The second kappa shape index (κ2) is 10.2. The molecule has 2 aromatic rings. The molecule has 132 valence electrons. The number of rotatable bonds is 9. The molecule has 2 aromatic carbocycles. The number of ether oxygens (including phenoxy) is 2. The quantitative estimate of drug-likeness (QED) is 0.557. The van der Waals surface area contributed by atoms with Crippen molar-refractivity contribution in [2.45, 2.75) is 25.7 Å². The lowest BCUT2D eigenvalue weighted by atomic mass is 10.2. The first-order chi connectivity index (χ1) is 12.2. The third kappa shape index (κ3) is 6.74. The first-order valence-electron chi connectivity index (χ1n) is 7.87. The Balaban J connectivity index is 1.81. The standard InChI is InChI=1S/C19H21NO5/c1-23-20-17(19(22)25-14-16-10-6-3-7-11-16)12-18(21)24-13-15-8-4-2-5-9-15/h2-11,17,20H,12-14H2,1H3/t17-/m0/s1. The van der Waals surface area contributed by atoms with E-state index in [1.54, 1.807) is 0 Å². The number of hydroxylamine groups is 1. The molecule has 0 radical (unpaired) electrons. The second-order valence-electron chi connectivity index (χ2n) is 5.32. The Bertz CT molecular complexity index is 660. The Labute approximate surface area is 146 Å². The fourth-order valence-electron chi connectivity index (χ4n) is 2.11. The van der Waals surface area contributed by atoms with E-state index < -0.39 is 18.0 Å². The lowest BCUT2D eigenvalue weighted by Gasteiger charge is -2.15. The maximum absolute atomic E-state index is 12.1. The summed E-state index contributed by atoms with van der Waals surface area (Å²) < 4.78 is 10.4. The van der Waals surface area contributed by atoms with Crippen LogP contribution in [0.3, 0.4) is 0 Å². The van der Waals surface area contributed by atoms with Gasteiger partial charge in [-0.25, -0.2) is 0 Å². The number of hydrogen-bond acceptors (Lipinski definition) is 6. The van der Waals surface area contributed by atoms with Gasteiger partial charge in [0, 0.05) is 0 Å². The van der Waals surface area contributed by atoms with Gasteiger partial charge in [0.1, 0.15) is 19.3 Å². The number of hydrogen-bond donors (Lipinski definition) is 1. The summed E-state index contributed by atoms with van der Waals surface area (Å²) in [7, 11) is 1.37. The summed E-state index contributed by atoms with van der Waals surface area (Å²) in [4.78, 5) is 28.9. The van der Waals surface area contributed by atoms with E-state index in [1.807, 2.05) is 60.7 Å². The smallest absolute Gasteiger partial charge is 0.326 e. The third-order valence-corrected chi connectivity index (χ3v) is 3.38. The number of carbonyl (C=O) groups excluding carboxylic acids is 2. The van der Waals surface area contributed by atoms with E-state index >= 15 is 0 Å². The van der Waals surface area contributed by atoms with Crippen molar-refractivity contribution in [2.24, 2.45) is 0 Å². The van der Waals surface area contributed by atoms with Crippen LogP contribution in [0.25, 0.3) is 0 Å². The van der Waals surface area contributed by atoms with Gasteiger partial charge in [-0.3, -0.25) is 9.59 Å². The predicted molar refractivity (Wildman–Crippen MR) is 91.0 cm³/mol. The first-order valence-corrected chi connectivity index (χ1v) is 7.87. The van der Waals surface area contributed by atoms with Crippen LogP contribution in [0, 0.1) is 0 Å². The van der Waals surface area contributed by atoms with Gasteiger partial charge in [-0.05, 0) is 11.1 Å². The highest BCUT2D eigenvalue weighted by atomic mass is 16.6. The Morgan fingerprint density at radius 2 is 1.40 bits per heavy atom. The van der Waals surface area contributed by atoms with Crippen LogP contribution >= 0.6 is 0 Å². The Morgan fingerprint density at radius 1 is 0.880 bits per heavy atom. The van der Waals surface area contributed by atoms with Gasteiger partial charge in [-0.1, -0.05) is 60.7 Å². The molecule has 2 rings (SSSR count). The summed E-state index contributed by atoms with van der Waals surface area (Å²) in [5.74, 6) is -1.10. The number of nitrogens with one attached hydrogen (secondary N) is 1. The van der Waals surface area contributed by atoms with Crippen molar-refractivity contribution in [2.75, 3.05) is 7.11 Å². The molecule has 0 heterocycles. The van der Waals surface area contributed by atoms with Crippen LogP contribution in [0.4, 0.5) is 0 Å². The third-order valence-electron chi connectivity index (χ3n) is 3.38. The van der Waals surface area contributed by atoms with Crippen molar-refractivity contribution in [1.29, 1.82) is 0 Å². The van der Waals surface area contributed by atoms with E-state index in [-0.39, 0.29) is 19.6 Å². The largest absolute Gasteiger partial charge is 0.461 e. The minimum absolute atomic E-state index is 0.126. The van der Waals surface area contributed by atoms with Crippen LogP contribution in [0.5, 0.6) is 0 Å². The molecule has 0 aliphatic carbocycles. The Morgan fingerprint density at radius 3 is 1.92 bits per heavy atom. The van der Waals surface area contributed by atoms with E-state index in [2.05, 4.69) is 5.48 Å². The highest BCUT2D eigenvalue weighted by Gasteiger charge is 2.24. The molecule has 1 N–H and O–H groups in total. The minimum Gasteiger partial charge on any atom is -0.461 e. The van der Waals surface area contributed by atoms with Crippen molar-refractivity contribution in [3.05, 3.63) is 71.8 Å². The molecule has 0 aliphatic heterocycles. The lowest BCUT2D eigenvalue weighted by molar-refractivity contribution is -0.158. The highest BCUT2D eigenvalue weighted by molar-refractivity contribution is 5.82. The van der Waals surface area contributed by atoms with E-state index in [0.29, 0.717) is 0 Å². The van der Waals surface area contributed by atoms with Gasteiger partial charge in [0.05, 0.1) is 13.5 Å². The van der Waals surface area contributed by atoms with Gasteiger partial charge in [-0.15, -0.1) is 0 Å². The number of benzene rings is 2. The highest BCUT2D eigenvalue weighted by Crippen LogP contribution is 2.06. The normalized spacial score (nSPS) is 11.6. The summed E-state index contributed by atoms with van der Waals surface area (Å²) in [5, 5.41) is 0. The van der Waals surface area contributed by atoms with Gasteiger partial charge < -0.3 is 14.3 Å². The SMILES string of the molecule is CON[C@@H](CC(=O)OCc1ccccc1)C(=O)OCc1ccccc1. The predicted octanol–water partition coefficient (Wildman–Crippen LogP) is 2.38. The van der Waals surface area contributed by atoms with E-state index in [4.69, 9.17) is 14.3 Å². The topological polar surface area (TPSA) is 73.9 Å². The molecular formula is C19H21NO5. The van der Waals surface area contributed by atoms with Gasteiger partial charge >= 0.3 is 11.9 Å². The zero-order valence-corrected chi connectivity index (χ0v) is 14.0.